The third-order valence-electron chi connectivity index (χ3n) is 4.00. The van der Waals surface area contributed by atoms with Gasteiger partial charge in [-0.05, 0) is 23.8 Å². The number of amides is 2. The summed E-state index contributed by atoms with van der Waals surface area (Å²) in [5, 5.41) is 10.0. The maximum absolute atomic E-state index is 12.4. The minimum Gasteiger partial charge on any atom is -0.495 e. The Bertz CT molecular complexity index is 1000. The number of nitrogens with zero attached hydrogens (tertiary/aromatic N) is 2. The van der Waals surface area contributed by atoms with Gasteiger partial charge >= 0.3 is 0 Å². The van der Waals surface area contributed by atoms with Crippen LogP contribution in [-0.4, -0.2) is 28.7 Å². The standard InChI is InChI=1S/C20H19ClN4O3/c1-25-18(23-19(26)10-13-6-4-3-5-7-13)12-16(24-25)20(27)22-14-8-9-17(28-2)15(21)11-14/h3-9,11-12H,10H2,1-2H3,(H,22,27)(H,23,26). The second-order valence-corrected chi connectivity index (χ2v) is 6.46. The summed E-state index contributed by atoms with van der Waals surface area (Å²) in [5.41, 5.74) is 1.58. The molecule has 0 aliphatic carbocycles. The van der Waals surface area contributed by atoms with Crippen LogP contribution in [0.3, 0.4) is 0 Å². The number of halogens is 1. The number of hydrogen-bond acceptors (Lipinski definition) is 4. The van der Waals surface area contributed by atoms with E-state index in [4.69, 9.17) is 16.3 Å². The molecule has 144 valence electrons. The largest absolute Gasteiger partial charge is 0.495 e. The van der Waals surface area contributed by atoms with Crippen molar-refractivity contribution in [3.63, 3.8) is 0 Å². The van der Waals surface area contributed by atoms with Crippen molar-refractivity contribution in [1.82, 2.24) is 9.78 Å². The Balaban J connectivity index is 1.66. The number of aryl methyl sites for hydroxylation is 1. The van der Waals surface area contributed by atoms with Crippen molar-refractivity contribution in [2.45, 2.75) is 6.42 Å². The van der Waals surface area contributed by atoms with Gasteiger partial charge in [-0.2, -0.15) is 5.10 Å². The van der Waals surface area contributed by atoms with Gasteiger partial charge in [0.1, 0.15) is 11.6 Å². The number of aromatic nitrogens is 2. The van der Waals surface area contributed by atoms with Crippen molar-refractivity contribution < 1.29 is 14.3 Å². The number of benzene rings is 2. The first-order chi connectivity index (χ1) is 13.5. The van der Waals surface area contributed by atoms with Gasteiger partial charge in [0, 0.05) is 18.8 Å². The molecule has 0 atom stereocenters. The van der Waals surface area contributed by atoms with Gasteiger partial charge in [-0.25, -0.2) is 0 Å². The normalized spacial score (nSPS) is 10.4. The minimum atomic E-state index is -0.416. The molecule has 0 saturated heterocycles. The molecule has 2 amide bonds. The van der Waals surface area contributed by atoms with E-state index in [1.54, 1.807) is 25.2 Å². The monoisotopic (exact) mass is 398 g/mol. The fourth-order valence-corrected chi connectivity index (χ4v) is 2.86. The molecule has 3 aromatic rings. The first-order valence-corrected chi connectivity index (χ1v) is 8.87. The topological polar surface area (TPSA) is 85.3 Å². The average Bonchev–Trinajstić information content (AvgIpc) is 3.03. The van der Waals surface area contributed by atoms with E-state index in [0.717, 1.165) is 5.56 Å². The number of anilines is 2. The molecule has 0 fully saturated rings. The van der Waals surface area contributed by atoms with Gasteiger partial charge in [0.05, 0.1) is 18.6 Å². The van der Waals surface area contributed by atoms with Crippen molar-refractivity contribution in [2.75, 3.05) is 17.7 Å². The number of ether oxygens (including phenoxy) is 1. The maximum atomic E-state index is 12.4. The SMILES string of the molecule is COc1ccc(NC(=O)c2cc(NC(=O)Cc3ccccc3)n(C)n2)cc1Cl. The van der Waals surface area contributed by atoms with Gasteiger partial charge in [0.2, 0.25) is 5.91 Å². The summed E-state index contributed by atoms with van der Waals surface area (Å²) in [6, 6.07) is 15.8. The van der Waals surface area contributed by atoms with Crippen LogP contribution in [0.5, 0.6) is 5.75 Å². The molecular formula is C20H19ClN4O3. The van der Waals surface area contributed by atoms with Gasteiger partial charge in [0.15, 0.2) is 5.69 Å². The number of nitrogens with one attached hydrogen (secondary N) is 2. The molecule has 0 bridgehead atoms. The lowest BCUT2D eigenvalue weighted by Gasteiger charge is -2.06. The van der Waals surface area contributed by atoms with Crippen LogP contribution in [0.15, 0.2) is 54.6 Å². The highest BCUT2D eigenvalue weighted by Gasteiger charge is 2.15. The lowest BCUT2D eigenvalue weighted by Crippen LogP contribution is -2.16. The summed E-state index contributed by atoms with van der Waals surface area (Å²) in [6.07, 6.45) is 0.234. The molecule has 28 heavy (non-hydrogen) atoms. The molecule has 0 saturated carbocycles. The molecule has 8 heteroatoms. The van der Waals surface area contributed by atoms with Crippen molar-refractivity contribution in [2.24, 2.45) is 7.05 Å². The zero-order chi connectivity index (χ0) is 20.1. The van der Waals surface area contributed by atoms with Crippen molar-refractivity contribution in [3.8, 4) is 5.75 Å². The van der Waals surface area contributed by atoms with E-state index in [1.807, 2.05) is 30.3 Å². The van der Waals surface area contributed by atoms with Gasteiger partial charge in [-0.15, -0.1) is 0 Å². The Kier molecular flexibility index (Phi) is 5.96. The van der Waals surface area contributed by atoms with E-state index in [2.05, 4.69) is 15.7 Å². The van der Waals surface area contributed by atoms with Crippen LogP contribution < -0.4 is 15.4 Å². The Morgan fingerprint density at radius 2 is 1.86 bits per heavy atom. The summed E-state index contributed by atoms with van der Waals surface area (Å²) in [6.45, 7) is 0. The third kappa shape index (κ3) is 4.69. The minimum absolute atomic E-state index is 0.171. The highest BCUT2D eigenvalue weighted by Crippen LogP contribution is 2.27. The molecule has 7 nitrogen and oxygen atoms in total. The van der Waals surface area contributed by atoms with E-state index < -0.39 is 5.91 Å². The predicted octanol–water partition coefficient (Wildman–Crippen LogP) is 3.52. The molecule has 2 N–H and O–H groups in total. The number of methoxy groups -OCH3 is 1. The van der Waals surface area contributed by atoms with Crippen LogP contribution in [0.4, 0.5) is 11.5 Å². The Morgan fingerprint density at radius 3 is 2.54 bits per heavy atom. The molecule has 0 radical (unpaired) electrons. The third-order valence-corrected chi connectivity index (χ3v) is 4.29. The number of hydrogen-bond donors (Lipinski definition) is 2. The van der Waals surface area contributed by atoms with E-state index in [0.29, 0.717) is 22.3 Å². The summed E-state index contributed by atoms with van der Waals surface area (Å²) in [5.74, 6) is 0.336. The quantitative estimate of drug-likeness (QED) is 0.665. The molecule has 0 unspecified atom stereocenters. The summed E-state index contributed by atoms with van der Waals surface area (Å²) in [7, 11) is 3.17. The van der Waals surface area contributed by atoms with Crippen LogP contribution >= 0.6 is 11.6 Å². The summed E-state index contributed by atoms with van der Waals surface area (Å²) >= 11 is 6.07. The Hall–Kier alpha value is -3.32. The fraction of sp³-hybridized carbons (Fsp3) is 0.150. The number of carbonyl (C=O) groups excluding carboxylic acids is 2. The van der Waals surface area contributed by atoms with Crippen LogP contribution in [0.25, 0.3) is 0 Å². The van der Waals surface area contributed by atoms with E-state index in [-0.39, 0.29) is 18.0 Å². The first kappa shape index (κ1) is 19.4. The van der Waals surface area contributed by atoms with Crippen LogP contribution in [0.1, 0.15) is 16.1 Å². The van der Waals surface area contributed by atoms with Crippen LogP contribution in [0.2, 0.25) is 5.02 Å². The van der Waals surface area contributed by atoms with Gasteiger partial charge in [0.25, 0.3) is 5.91 Å². The smallest absolute Gasteiger partial charge is 0.276 e. The second-order valence-electron chi connectivity index (χ2n) is 6.05. The Labute approximate surface area is 167 Å². The zero-order valence-electron chi connectivity index (χ0n) is 15.4. The maximum Gasteiger partial charge on any atom is 0.276 e. The number of carbonyl (C=O) groups is 2. The predicted molar refractivity (Wildman–Crippen MR) is 108 cm³/mol. The van der Waals surface area contributed by atoms with Gasteiger partial charge in [-0.1, -0.05) is 41.9 Å². The molecule has 1 heterocycles. The van der Waals surface area contributed by atoms with E-state index in [1.165, 1.54) is 17.9 Å². The lowest BCUT2D eigenvalue weighted by atomic mass is 10.1. The van der Waals surface area contributed by atoms with Crippen LogP contribution in [-0.2, 0) is 18.3 Å². The highest BCUT2D eigenvalue weighted by molar-refractivity contribution is 6.32. The summed E-state index contributed by atoms with van der Waals surface area (Å²) in [4.78, 5) is 24.7. The highest BCUT2D eigenvalue weighted by atomic mass is 35.5. The first-order valence-electron chi connectivity index (χ1n) is 8.49. The molecule has 1 aromatic heterocycles. The average molecular weight is 399 g/mol. The molecule has 2 aromatic carbocycles. The molecule has 0 aliphatic heterocycles. The zero-order valence-corrected chi connectivity index (χ0v) is 16.2. The fourth-order valence-electron chi connectivity index (χ4n) is 2.60. The molecule has 0 aliphatic rings. The second kappa shape index (κ2) is 8.58. The Morgan fingerprint density at radius 1 is 1.11 bits per heavy atom. The van der Waals surface area contributed by atoms with Gasteiger partial charge < -0.3 is 15.4 Å². The molecule has 0 spiro atoms. The number of rotatable bonds is 6. The summed E-state index contributed by atoms with van der Waals surface area (Å²) < 4.78 is 6.53. The molecular weight excluding hydrogens is 380 g/mol. The van der Waals surface area contributed by atoms with E-state index in [9.17, 15) is 9.59 Å². The van der Waals surface area contributed by atoms with Crippen molar-refractivity contribution in [1.29, 1.82) is 0 Å². The van der Waals surface area contributed by atoms with Gasteiger partial charge in [-0.3, -0.25) is 14.3 Å². The van der Waals surface area contributed by atoms with Crippen LogP contribution in [0, 0.1) is 0 Å². The van der Waals surface area contributed by atoms with E-state index >= 15 is 0 Å². The lowest BCUT2D eigenvalue weighted by molar-refractivity contribution is -0.115. The van der Waals surface area contributed by atoms with Crippen molar-refractivity contribution in [3.05, 3.63) is 70.9 Å². The molecule has 3 rings (SSSR count). The van der Waals surface area contributed by atoms with Crippen molar-refractivity contribution >= 4 is 34.9 Å².